The number of likely N-dealkylation sites (N-methyl/N-ethyl adjacent to an activating group) is 1. The zero-order valence-corrected chi connectivity index (χ0v) is 9.01. The van der Waals surface area contributed by atoms with Crippen LogP contribution in [-0.2, 0) is 0 Å². The molecule has 1 rings (SSSR count). The number of rotatable bonds is 2. The Bertz CT molecular complexity index is 130. The normalized spacial score (nSPS) is 24.8. The highest BCUT2D eigenvalue weighted by atomic mass is 35.5. The molecule has 1 unspecified atom stereocenters. The monoisotopic (exact) mass is 190 g/mol. The minimum Gasteiger partial charge on any atom is -0.304 e. The average Bonchev–Trinajstić information content (AvgIpc) is 2.04. The zero-order valence-electron chi connectivity index (χ0n) is 8.26. The Morgan fingerprint density at radius 3 is 2.00 bits per heavy atom. The van der Waals surface area contributed by atoms with E-state index in [1.54, 1.807) is 0 Å². The van der Waals surface area contributed by atoms with E-state index in [2.05, 4.69) is 30.7 Å². The average molecular weight is 191 g/mol. The first-order chi connectivity index (χ1) is 5.61. The topological polar surface area (TPSA) is 6.48 Å². The highest BCUT2D eigenvalue weighted by molar-refractivity contribution is 6.20. The lowest BCUT2D eigenvalue weighted by atomic mass is 10.2. The molecule has 0 bridgehead atoms. The molecule has 0 spiro atoms. The van der Waals surface area contributed by atoms with E-state index in [0.717, 1.165) is 26.2 Å². The smallest absolute Gasteiger partial charge is 0.0874 e. The molecule has 1 aliphatic heterocycles. The van der Waals surface area contributed by atoms with Gasteiger partial charge >= 0.3 is 0 Å². The molecule has 1 atom stereocenters. The number of hydrogen-bond donors (Lipinski definition) is 0. The fraction of sp³-hybridized carbons (Fsp3) is 1.00. The summed E-state index contributed by atoms with van der Waals surface area (Å²) in [6.45, 7) is 8.88. The molecular formula is C9H19ClN2. The van der Waals surface area contributed by atoms with Crippen molar-refractivity contribution in [1.82, 2.24) is 9.80 Å². The predicted molar refractivity (Wildman–Crippen MR) is 53.5 cm³/mol. The van der Waals surface area contributed by atoms with E-state index in [1.807, 2.05) is 0 Å². The van der Waals surface area contributed by atoms with E-state index in [9.17, 15) is 0 Å². The maximum absolute atomic E-state index is 6.25. The molecule has 0 N–H and O–H groups in total. The highest BCUT2D eigenvalue weighted by Gasteiger charge is 2.22. The first-order valence-corrected chi connectivity index (χ1v) is 5.11. The molecule has 1 fully saturated rings. The van der Waals surface area contributed by atoms with Gasteiger partial charge in [-0.1, -0.05) is 13.8 Å². The first kappa shape index (κ1) is 10.3. The lowest BCUT2D eigenvalue weighted by Gasteiger charge is -2.36. The lowest BCUT2D eigenvalue weighted by Crippen LogP contribution is -2.48. The van der Waals surface area contributed by atoms with E-state index in [1.165, 1.54) is 0 Å². The molecule has 0 saturated carbocycles. The summed E-state index contributed by atoms with van der Waals surface area (Å²) >= 11 is 6.25. The second kappa shape index (κ2) is 4.45. The second-order valence-corrected chi connectivity index (χ2v) is 4.40. The minimum atomic E-state index is 0.221. The number of hydrogen-bond acceptors (Lipinski definition) is 2. The second-order valence-electron chi connectivity index (χ2n) is 3.96. The van der Waals surface area contributed by atoms with Crippen LogP contribution >= 0.6 is 11.6 Å². The Morgan fingerprint density at radius 1 is 1.08 bits per heavy atom. The van der Waals surface area contributed by atoms with Crippen molar-refractivity contribution in [1.29, 1.82) is 0 Å². The molecule has 0 aromatic carbocycles. The van der Waals surface area contributed by atoms with Crippen LogP contribution in [0.2, 0.25) is 0 Å². The quantitative estimate of drug-likeness (QED) is 0.481. The van der Waals surface area contributed by atoms with Crippen LogP contribution in [0.25, 0.3) is 0 Å². The van der Waals surface area contributed by atoms with Crippen LogP contribution in [0, 0.1) is 5.92 Å². The Labute approximate surface area is 80.5 Å². The molecular weight excluding hydrogens is 172 g/mol. The molecule has 12 heavy (non-hydrogen) atoms. The summed E-state index contributed by atoms with van der Waals surface area (Å²) in [6, 6.07) is 0. The predicted octanol–water partition coefficient (Wildman–Crippen LogP) is 1.45. The molecule has 2 nitrogen and oxygen atoms in total. The third-order valence-corrected chi connectivity index (χ3v) is 3.22. The molecule has 0 radical (unpaired) electrons. The largest absolute Gasteiger partial charge is 0.304 e. The summed E-state index contributed by atoms with van der Waals surface area (Å²) in [6.07, 6.45) is 0. The first-order valence-electron chi connectivity index (χ1n) is 4.68. The zero-order chi connectivity index (χ0) is 9.14. The van der Waals surface area contributed by atoms with Crippen LogP contribution in [0.3, 0.4) is 0 Å². The van der Waals surface area contributed by atoms with E-state index < -0.39 is 0 Å². The van der Waals surface area contributed by atoms with E-state index in [4.69, 9.17) is 11.6 Å². The van der Waals surface area contributed by atoms with Crippen molar-refractivity contribution in [3.8, 4) is 0 Å². The van der Waals surface area contributed by atoms with Crippen molar-refractivity contribution in [2.24, 2.45) is 5.92 Å². The van der Waals surface area contributed by atoms with Gasteiger partial charge in [0.25, 0.3) is 0 Å². The summed E-state index contributed by atoms with van der Waals surface area (Å²) in [7, 11) is 2.16. The van der Waals surface area contributed by atoms with Crippen LogP contribution in [0.5, 0.6) is 0 Å². The Balaban J connectivity index is 2.34. The van der Waals surface area contributed by atoms with Crippen molar-refractivity contribution in [3.05, 3.63) is 0 Å². The summed E-state index contributed by atoms with van der Waals surface area (Å²) in [5.41, 5.74) is 0.221. The van der Waals surface area contributed by atoms with Gasteiger partial charge < -0.3 is 4.90 Å². The molecule has 72 valence electrons. The fourth-order valence-corrected chi connectivity index (χ4v) is 1.69. The van der Waals surface area contributed by atoms with Gasteiger partial charge in [0.2, 0.25) is 0 Å². The van der Waals surface area contributed by atoms with Crippen molar-refractivity contribution < 1.29 is 0 Å². The Morgan fingerprint density at radius 2 is 1.58 bits per heavy atom. The van der Waals surface area contributed by atoms with Gasteiger partial charge in [0.15, 0.2) is 0 Å². The van der Waals surface area contributed by atoms with Crippen molar-refractivity contribution in [2.45, 2.75) is 19.3 Å². The van der Waals surface area contributed by atoms with Crippen LogP contribution in [0.1, 0.15) is 13.8 Å². The number of nitrogens with zero attached hydrogens (tertiary/aromatic N) is 2. The minimum absolute atomic E-state index is 0.221. The summed E-state index contributed by atoms with van der Waals surface area (Å²) in [4.78, 5) is 4.71. The van der Waals surface area contributed by atoms with Crippen LogP contribution < -0.4 is 0 Å². The van der Waals surface area contributed by atoms with Gasteiger partial charge in [0.05, 0.1) is 5.50 Å². The van der Waals surface area contributed by atoms with E-state index >= 15 is 0 Å². The van der Waals surface area contributed by atoms with Crippen molar-refractivity contribution >= 4 is 11.6 Å². The van der Waals surface area contributed by atoms with Gasteiger partial charge in [-0.15, -0.1) is 11.6 Å². The Hall–Kier alpha value is 0.210. The molecule has 1 saturated heterocycles. The summed E-state index contributed by atoms with van der Waals surface area (Å²) < 4.78 is 0. The molecule has 0 aromatic heterocycles. The van der Waals surface area contributed by atoms with Gasteiger partial charge in [-0.3, -0.25) is 4.90 Å². The van der Waals surface area contributed by atoms with Crippen LogP contribution in [0.15, 0.2) is 0 Å². The van der Waals surface area contributed by atoms with Crippen molar-refractivity contribution in [3.63, 3.8) is 0 Å². The molecule has 0 aromatic rings. The van der Waals surface area contributed by atoms with E-state index in [-0.39, 0.29) is 5.50 Å². The third kappa shape index (κ3) is 2.61. The molecule has 3 heteroatoms. The third-order valence-electron chi connectivity index (χ3n) is 2.44. The van der Waals surface area contributed by atoms with Crippen LogP contribution in [0.4, 0.5) is 0 Å². The number of halogens is 1. The Kier molecular flexibility index (Phi) is 3.81. The van der Waals surface area contributed by atoms with Crippen LogP contribution in [-0.4, -0.2) is 48.5 Å². The standard InChI is InChI=1S/C9H19ClN2/c1-8(2)9(10)12-6-4-11(3)5-7-12/h8-9H,4-7H2,1-3H3. The summed E-state index contributed by atoms with van der Waals surface area (Å²) in [5.74, 6) is 0.551. The van der Waals surface area contributed by atoms with Gasteiger partial charge in [-0.2, -0.15) is 0 Å². The van der Waals surface area contributed by atoms with Gasteiger partial charge in [0, 0.05) is 26.2 Å². The molecule has 1 heterocycles. The molecule has 0 aliphatic carbocycles. The van der Waals surface area contributed by atoms with E-state index in [0.29, 0.717) is 5.92 Å². The van der Waals surface area contributed by atoms with Gasteiger partial charge in [-0.05, 0) is 13.0 Å². The van der Waals surface area contributed by atoms with Crippen molar-refractivity contribution in [2.75, 3.05) is 33.2 Å². The van der Waals surface area contributed by atoms with Gasteiger partial charge in [-0.25, -0.2) is 0 Å². The SMILES string of the molecule is CC(C)C(Cl)N1CCN(C)CC1. The lowest BCUT2D eigenvalue weighted by molar-refractivity contribution is 0.124. The number of alkyl halides is 1. The summed E-state index contributed by atoms with van der Waals surface area (Å²) in [5, 5.41) is 0. The van der Waals surface area contributed by atoms with Gasteiger partial charge in [0.1, 0.15) is 0 Å². The number of piperazine rings is 1. The molecule has 1 aliphatic rings. The highest BCUT2D eigenvalue weighted by Crippen LogP contribution is 2.16. The maximum Gasteiger partial charge on any atom is 0.0874 e. The maximum atomic E-state index is 6.25. The molecule has 0 amide bonds. The fourth-order valence-electron chi connectivity index (χ4n) is 1.49.